The number of pyridine rings is 1. The first-order valence-corrected chi connectivity index (χ1v) is 12.6. The molecular weight excluding hydrogens is 523 g/mol. The minimum Gasteiger partial charge on any atom is -0.350 e. The van der Waals surface area contributed by atoms with Crippen LogP contribution in [0.25, 0.3) is 28.1 Å². The number of aromatic nitrogens is 6. The molecule has 2 aromatic carbocycles. The number of para-hydroxylation sites is 1. The summed E-state index contributed by atoms with van der Waals surface area (Å²) in [5, 5.41) is 19.4. The highest BCUT2D eigenvalue weighted by Crippen LogP contribution is 2.38. The molecule has 3 heterocycles. The number of tetrazole rings is 1. The summed E-state index contributed by atoms with van der Waals surface area (Å²) in [5.41, 5.74) is 1.97. The van der Waals surface area contributed by atoms with E-state index >= 15 is 0 Å². The van der Waals surface area contributed by atoms with Crippen molar-refractivity contribution in [1.29, 1.82) is 0 Å². The van der Waals surface area contributed by atoms with Crippen LogP contribution in [0.15, 0.2) is 66.9 Å². The number of nitrogens with zero attached hydrogens (tertiary/aromatic N) is 6. The van der Waals surface area contributed by atoms with Gasteiger partial charge in [0.1, 0.15) is 11.2 Å². The van der Waals surface area contributed by atoms with Gasteiger partial charge >= 0.3 is 0 Å². The van der Waals surface area contributed by atoms with Gasteiger partial charge in [0.05, 0.1) is 23.2 Å². The summed E-state index contributed by atoms with van der Waals surface area (Å²) in [7, 11) is 1.69. The lowest BCUT2D eigenvalue weighted by Crippen LogP contribution is -2.49. The van der Waals surface area contributed by atoms with Crippen molar-refractivity contribution in [3.63, 3.8) is 0 Å². The number of fused-ring (bicyclic) bond motifs is 1. The van der Waals surface area contributed by atoms with E-state index in [1.165, 1.54) is 23.1 Å². The third kappa shape index (κ3) is 4.50. The van der Waals surface area contributed by atoms with E-state index in [1.54, 1.807) is 7.05 Å². The fourth-order valence-corrected chi connectivity index (χ4v) is 4.86. The Kier molecular flexibility index (Phi) is 6.07. The number of aryl methyl sites for hydroxylation is 1. The molecule has 12 heteroatoms. The van der Waals surface area contributed by atoms with Crippen LogP contribution < -0.4 is 10.6 Å². The van der Waals surface area contributed by atoms with Crippen molar-refractivity contribution in [1.82, 2.24) is 40.4 Å². The largest absolute Gasteiger partial charge is 0.350 e. The highest BCUT2D eigenvalue weighted by atomic mass is 35.5. The van der Waals surface area contributed by atoms with Crippen molar-refractivity contribution >= 4 is 34.3 Å². The molecule has 5 aromatic rings. The van der Waals surface area contributed by atoms with Gasteiger partial charge in [0.25, 0.3) is 5.91 Å². The molecule has 1 aliphatic rings. The monoisotopic (exact) mass is 544 g/mol. The van der Waals surface area contributed by atoms with E-state index < -0.39 is 17.4 Å². The average Bonchev–Trinajstić information content (AvgIpc) is 3.51. The maximum absolute atomic E-state index is 13.9. The van der Waals surface area contributed by atoms with Gasteiger partial charge in [-0.15, -0.1) is 10.2 Å². The molecule has 0 saturated heterocycles. The number of hydrogen-bond acceptors (Lipinski definition) is 6. The van der Waals surface area contributed by atoms with Crippen molar-refractivity contribution in [2.75, 3.05) is 0 Å². The van der Waals surface area contributed by atoms with E-state index in [-0.39, 0.29) is 18.0 Å². The van der Waals surface area contributed by atoms with Gasteiger partial charge < -0.3 is 15.2 Å². The Morgan fingerprint density at radius 1 is 1.08 bits per heavy atom. The fraction of sp³-hybridized carbons (Fsp3) is 0.185. The molecule has 2 amide bonds. The second-order valence-corrected chi connectivity index (χ2v) is 9.72. The first-order chi connectivity index (χ1) is 18.9. The molecule has 1 fully saturated rings. The van der Waals surface area contributed by atoms with Crippen LogP contribution in [0.1, 0.15) is 28.8 Å². The van der Waals surface area contributed by atoms with Gasteiger partial charge in [0.15, 0.2) is 0 Å². The zero-order valence-electron chi connectivity index (χ0n) is 20.7. The van der Waals surface area contributed by atoms with Gasteiger partial charge in [-0.3, -0.25) is 9.59 Å². The number of carbonyl (C=O) groups excluding carboxylic acids is 2. The lowest BCUT2D eigenvalue weighted by molar-refractivity contribution is -0.124. The highest BCUT2D eigenvalue weighted by molar-refractivity contribution is 6.38. The minimum atomic E-state index is -1.04. The van der Waals surface area contributed by atoms with Crippen molar-refractivity contribution in [3.05, 3.63) is 89.0 Å². The SMILES string of the molecule is Cn1nnc(-c2c(Cl)c3ccccc3n2-c2ccc(CNC(=O)C3(NC(=O)c4cccnc4F)CC3)cc2)n1. The summed E-state index contributed by atoms with van der Waals surface area (Å²) in [6, 6.07) is 18.2. The topological polar surface area (TPSA) is 120 Å². The molecule has 2 N–H and O–H groups in total. The van der Waals surface area contributed by atoms with E-state index in [0.717, 1.165) is 22.2 Å². The predicted octanol–water partition coefficient (Wildman–Crippen LogP) is 3.59. The number of benzene rings is 2. The molecule has 0 atom stereocenters. The lowest BCUT2D eigenvalue weighted by atomic mass is 10.1. The van der Waals surface area contributed by atoms with Crippen LogP contribution in [-0.2, 0) is 18.4 Å². The van der Waals surface area contributed by atoms with Gasteiger partial charge in [-0.25, -0.2) is 4.98 Å². The van der Waals surface area contributed by atoms with Crippen LogP contribution in [-0.4, -0.2) is 47.1 Å². The first-order valence-electron chi connectivity index (χ1n) is 12.2. The van der Waals surface area contributed by atoms with Crippen LogP contribution in [0.2, 0.25) is 5.02 Å². The summed E-state index contributed by atoms with van der Waals surface area (Å²) in [6.45, 7) is 0.254. The molecule has 6 rings (SSSR count). The molecule has 0 unspecified atom stereocenters. The summed E-state index contributed by atoms with van der Waals surface area (Å²) >= 11 is 6.76. The number of amides is 2. The zero-order chi connectivity index (χ0) is 27.1. The summed E-state index contributed by atoms with van der Waals surface area (Å²) in [5.74, 6) is -1.45. The Morgan fingerprint density at radius 3 is 2.54 bits per heavy atom. The molecular formula is C27H22ClFN8O2. The number of carbonyl (C=O) groups is 2. The molecule has 196 valence electrons. The second-order valence-electron chi connectivity index (χ2n) is 9.34. The second kappa shape index (κ2) is 9.59. The third-order valence-electron chi connectivity index (χ3n) is 6.72. The molecule has 10 nitrogen and oxygen atoms in total. The molecule has 1 aliphatic carbocycles. The normalized spacial score (nSPS) is 13.8. The Hall–Kier alpha value is -4.64. The minimum absolute atomic E-state index is 0.194. The lowest BCUT2D eigenvalue weighted by Gasteiger charge is -2.17. The van der Waals surface area contributed by atoms with E-state index in [2.05, 4.69) is 31.0 Å². The first kappa shape index (κ1) is 24.7. The number of nitrogens with one attached hydrogen (secondary N) is 2. The third-order valence-corrected chi connectivity index (χ3v) is 7.10. The predicted molar refractivity (Wildman–Crippen MR) is 142 cm³/mol. The molecule has 0 spiro atoms. The Morgan fingerprint density at radius 2 is 1.85 bits per heavy atom. The van der Waals surface area contributed by atoms with Gasteiger partial charge in [0, 0.05) is 23.8 Å². The van der Waals surface area contributed by atoms with Crippen molar-refractivity contribution in [3.8, 4) is 17.2 Å². The van der Waals surface area contributed by atoms with Gasteiger partial charge in [-0.1, -0.05) is 41.9 Å². The van der Waals surface area contributed by atoms with Crippen LogP contribution >= 0.6 is 11.6 Å². The standard InChI is InChI=1S/C27H22ClFN8O2/c1-36-34-24(33-35-36)22-21(28)18-5-2-3-7-20(18)37(22)17-10-8-16(9-11-17)15-31-26(39)27(12-13-27)32-25(38)19-6-4-14-30-23(19)29/h2-11,14H,12-13,15H2,1H3,(H,31,39)(H,32,38). The van der Waals surface area contributed by atoms with Crippen molar-refractivity contribution in [2.24, 2.45) is 7.05 Å². The van der Waals surface area contributed by atoms with Gasteiger partial charge in [0.2, 0.25) is 17.7 Å². The van der Waals surface area contributed by atoms with E-state index in [9.17, 15) is 14.0 Å². The highest BCUT2D eigenvalue weighted by Gasteiger charge is 2.51. The Balaban J connectivity index is 1.20. The molecule has 0 radical (unpaired) electrons. The quantitative estimate of drug-likeness (QED) is 0.302. The van der Waals surface area contributed by atoms with Gasteiger partial charge in [-0.05, 0) is 54.0 Å². The van der Waals surface area contributed by atoms with Crippen LogP contribution in [0.3, 0.4) is 0 Å². The van der Waals surface area contributed by atoms with Crippen LogP contribution in [0, 0.1) is 5.95 Å². The molecule has 0 bridgehead atoms. The Bertz CT molecular complexity index is 1730. The summed E-state index contributed by atoms with van der Waals surface area (Å²) < 4.78 is 15.9. The van der Waals surface area contributed by atoms with Crippen molar-refractivity contribution in [2.45, 2.75) is 24.9 Å². The summed E-state index contributed by atoms with van der Waals surface area (Å²) in [4.78, 5) is 30.3. The number of halogens is 2. The van der Waals surface area contributed by atoms with Gasteiger partial charge in [-0.2, -0.15) is 9.19 Å². The number of rotatable bonds is 7. The smallest absolute Gasteiger partial charge is 0.256 e. The fourth-order valence-electron chi connectivity index (χ4n) is 4.53. The zero-order valence-corrected chi connectivity index (χ0v) is 21.5. The molecule has 1 saturated carbocycles. The maximum Gasteiger partial charge on any atom is 0.256 e. The number of hydrogen-bond donors (Lipinski definition) is 2. The molecule has 39 heavy (non-hydrogen) atoms. The van der Waals surface area contributed by atoms with Crippen LogP contribution in [0.5, 0.6) is 0 Å². The van der Waals surface area contributed by atoms with E-state index in [1.807, 2.05) is 53.1 Å². The summed E-state index contributed by atoms with van der Waals surface area (Å²) in [6.07, 6.45) is 2.22. The molecule has 0 aliphatic heterocycles. The maximum atomic E-state index is 13.9. The molecule has 3 aromatic heterocycles. The average molecular weight is 545 g/mol. The van der Waals surface area contributed by atoms with E-state index in [4.69, 9.17) is 11.6 Å². The Labute approximate surface area is 226 Å². The van der Waals surface area contributed by atoms with Crippen molar-refractivity contribution < 1.29 is 14.0 Å². The van der Waals surface area contributed by atoms with Crippen LogP contribution in [0.4, 0.5) is 4.39 Å². The van der Waals surface area contributed by atoms with E-state index in [0.29, 0.717) is 29.4 Å².